The number of pyridine rings is 2. The number of aryl methyl sites for hydroxylation is 1. The Morgan fingerprint density at radius 1 is 1.26 bits per heavy atom. The number of alkyl halides is 2. The molecule has 0 unspecified atom stereocenters. The fourth-order valence-electron chi connectivity index (χ4n) is 2.68. The Morgan fingerprint density at radius 2 is 2.06 bits per heavy atom. The summed E-state index contributed by atoms with van der Waals surface area (Å²) in [7, 11) is 0. The minimum Gasteiger partial charge on any atom is -0.461 e. The maximum absolute atomic E-state index is 12.9. The number of carbonyl (C=O) groups excluding carboxylic acids is 1. The molecule has 4 rings (SSSR count). The van der Waals surface area contributed by atoms with Gasteiger partial charge in [0.2, 0.25) is 5.13 Å². The zero-order valence-electron chi connectivity index (χ0n) is 15.8. The van der Waals surface area contributed by atoms with E-state index in [1.165, 1.54) is 12.3 Å². The predicted molar refractivity (Wildman–Crippen MR) is 107 cm³/mol. The van der Waals surface area contributed by atoms with Crippen LogP contribution in [0.3, 0.4) is 0 Å². The Labute approximate surface area is 183 Å². The normalized spacial score (nSPS) is 13.7. The topological polar surface area (TPSA) is 108 Å². The van der Waals surface area contributed by atoms with E-state index in [1.807, 2.05) is 0 Å². The molecule has 0 radical (unpaired) electrons. The third-order valence-corrected chi connectivity index (χ3v) is 5.06. The zero-order chi connectivity index (χ0) is 22.0. The molecule has 3 aromatic heterocycles. The van der Waals surface area contributed by atoms with E-state index in [-0.39, 0.29) is 38.8 Å². The van der Waals surface area contributed by atoms with E-state index in [1.54, 1.807) is 13.0 Å². The van der Waals surface area contributed by atoms with Crippen LogP contribution in [0, 0.1) is 6.92 Å². The van der Waals surface area contributed by atoms with E-state index in [0.717, 1.165) is 17.5 Å². The summed E-state index contributed by atoms with van der Waals surface area (Å²) in [6, 6.07) is 2.90. The minimum absolute atomic E-state index is 0.0447. The summed E-state index contributed by atoms with van der Waals surface area (Å²) in [5.41, 5.74) is 1.11. The van der Waals surface area contributed by atoms with Crippen molar-refractivity contribution in [2.24, 2.45) is 0 Å². The number of halogens is 3. The SMILES string of the molecule is Cc1cc(-c2cc(Cl)ncc2OC(F)F)c(C(=O)Nc2nnc(OC3COC3)s2)cn1. The van der Waals surface area contributed by atoms with Crippen molar-refractivity contribution in [3.05, 3.63) is 40.9 Å². The van der Waals surface area contributed by atoms with Crippen LogP contribution in [0.15, 0.2) is 24.5 Å². The average molecular weight is 470 g/mol. The minimum atomic E-state index is -3.08. The molecule has 1 amide bonds. The summed E-state index contributed by atoms with van der Waals surface area (Å²) < 4.78 is 40.8. The maximum atomic E-state index is 12.9. The van der Waals surface area contributed by atoms with Gasteiger partial charge in [-0.05, 0) is 30.4 Å². The van der Waals surface area contributed by atoms with Gasteiger partial charge in [0.05, 0.1) is 25.0 Å². The van der Waals surface area contributed by atoms with Gasteiger partial charge >= 0.3 is 6.61 Å². The molecule has 162 valence electrons. The van der Waals surface area contributed by atoms with Crippen LogP contribution in [0.2, 0.25) is 5.15 Å². The highest BCUT2D eigenvalue weighted by molar-refractivity contribution is 7.17. The molecular formula is C18H14ClF2N5O4S. The largest absolute Gasteiger partial charge is 0.461 e. The number of nitrogens with one attached hydrogen (secondary N) is 1. The molecule has 0 saturated carbocycles. The molecule has 31 heavy (non-hydrogen) atoms. The van der Waals surface area contributed by atoms with Crippen molar-refractivity contribution in [1.29, 1.82) is 0 Å². The molecule has 4 heterocycles. The van der Waals surface area contributed by atoms with Gasteiger partial charge in [-0.3, -0.25) is 15.1 Å². The van der Waals surface area contributed by atoms with Crippen LogP contribution in [0.5, 0.6) is 10.9 Å². The first-order valence-electron chi connectivity index (χ1n) is 8.85. The summed E-state index contributed by atoms with van der Waals surface area (Å²) in [5.74, 6) is -0.804. The molecular weight excluding hydrogens is 456 g/mol. The summed E-state index contributed by atoms with van der Waals surface area (Å²) in [4.78, 5) is 20.8. The van der Waals surface area contributed by atoms with Gasteiger partial charge < -0.3 is 14.2 Å². The molecule has 9 nitrogen and oxygen atoms in total. The van der Waals surface area contributed by atoms with Crippen molar-refractivity contribution in [1.82, 2.24) is 20.2 Å². The van der Waals surface area contributed by atoms with Crippen LogP contribution in [-0.4, -0.2) is 52.0 Å². The monoisotopic (exact) mass is 469 g/mol. The maximum Gasteiger partial charge on any atom is 0.387 e. The molecule has 13 heteroatoms. The fourth-order valence-corrected chi connectivity index (χ4v) is 3.49. The molecule has 0 bridgehead atoms. The number of rotatable bonds is 7. The van der Waals surface area contributed by atoms with Crippen LogP contribution in [0.25, 0.3) is 11.1 Å². The highest BCUT2D eigenvalue weighted by Crippen LogP contribution is 2.35. The van der Waals surface area contributed by atoms with Crippen molar-refractivity contribution in [3.8, 4) is 22.1 Å². The second kappa shape index (κ2) is 9.04. The Balaban J connectivity index is 1.63. The van der Waals surface area contributed by atoms with Crippen LogP contribution in [0.1, 0.15) is 16.1 Å². The molecule has 0 aromatic carbocycles. The number of hydrogen-bond donors (Lipinski definition) is 1. The second-order valence-corrected chi connectivity index (χ2v) is 7.68. The van der Waals surface area contributed by atoms with Gasteiger partial charge in [-0.15, -0.1) is 5.10 Å². The van der Waals surface area contributed by atoms with Gasteiger partial charge in [0.25, 0.3) is 11.1 Å². The third kappa shape index (κ3) is 5.03. The summed E-state index contributed by atoms with van der Waals surface area (Å²) in [5, 5.41) is 10.9. The lowest BCUT2D eigenvalue weighted by atomic mass is 10.0. The lowest BCUT2D eigenvalue weighted by molar-refractivity contribution is -0.0799. The molecule has 1 aliphatic rings. The lowest BCUT2D eigenvalue weighted by Crippen LogP contribution is -2.38. The van der Waals surface area contributed by atoms with Crippen molar-refractivity contribution < 1.29 is 27.8 Å². The van der Waals surface area contributed by atoms with Crippen molar-refractivity contribution in [2.75, 3.05) is 18.5 Å². The summed E-state index contributed by atoms with van der Waals surface area (Å²) in [6.45, 7) is -0.447. The Kier molecular flexibility index (Phi) is 6.20. The number of aromatic nitrogens is 4. The molecule has 3 aromatic rings. The fraction of sp³-hybridized carbons (Fsp3) is 0.278. The van der Waals surface area contributed by atoms with Crippen LogP contribution in [0.4, 0.5) is 13.9 Å². The summed E-state index contributed by atoms with van der Waals surface area (Å²) >= 11 is 7.00. The van der Waals surface area contributed by atoms with Gasteiger partial charge in [-0.25, -0.2) is 4.98 Å². The van der Waals surface area contributed by atoms with Crippen LogP contribution < -0.4 is 14.8 Å². The highest BCUT2D eigenvalue weighted by Gasteiger charge is 2.23. The van der Waals surface area contributed by atoms with E-state index in [4.69, 9.17) is 21.1 Å². The molecule has 0 aliphatic carbocycles. The van der Waals surface area contributed by atoms with Gasteiger partial charge in [-0.1, -0.05) is 16.7 Å². The average Bonchev–Trinajstić information content (AvgIpc) is 3.12. The number of amides is 1. The quantitative estimate of drug-likeness (QED) is 0.523. The van der Waals surface area contributed by atoms with Gasteiger partial charge in [-0.2, -0.15) is 8.78 Å². The first-order chi connectivity index (χ1) is 14.9. The number of anilines is 1. The number of nitrogens with zero attached hydrogens (tertiary/aromatic N) is 4. The zero-order valence-corrected chi connectivity index (χ0v) is 17.4. The number of ether oxygens (including phenoxy) is 3. The van der Waals surface area contributed by atoms with E-state index < -0.39 is 12.5 Å². The van der Waals surface area contributed by atoms with E-state index in [9.17, 15) is 13.6 Å². The number of hydrogen-bond acceptors (Lipinski definition) is 9. The highest BCUT2D eigenvalue weighted by atomic mass is 35.5. The molecule has 0 spiro atoms. The van der Waals surface area contributed by atoms with Crippen molar-refractivity contribution >= 4 is 34.0 Å². The van der Waals surface area contributed by atoms with Gasteiger partial charge in [0.1, 0.15) is 11.3 Å². The predicted octanol–water partition coefficient (Wildman–Crippen LogP) is 3.59. The summed E-state index contributed by atoms with van der Waals surface area (Å²) in [6.07, 6.45) is 2.30. The van der Waals surface area contributed by atoms with Crippen molar-refractivity contribution in [3.63, 3.8) is 0 Å². The number of carbonyl (C=O) groups is 1. The third-order valence-electron chi connectivity index (χ3n) is 4.13. The van der Waals surface area contributed by atoms with Crippen LogP contribution in [-0.2, 0) is 4.74 Å². The molecule has 1 aliphatic heterocycles. The van der Waals surface area contributed by atoms with E-state index in [2.05, 4.69) is 30.2 Å². The Morgan fingerprint density at radius 3 is 2.77 bits per heavy atom. The molecule has 0 atom stereocenters. The first kappa shape index (κ1) is 21.3. The van der Waals surface area contributed by atoms with Gasteiger partial charge in [0, 0.05) is 23.0 Å². The molecule has 1 fully saturated rings. The van der Waals surface area contributed by atoms with E-state index in [0.29, 0.717) is 24.1 Å². The molecule has 1 saturated heterocycles. The smallest absolute Gasteiger partial charge is 0.387 e. The van der Waals surface area contributed by atoms with E-state index >= 15 is 0 Å². The van der Waals surface area contributed by atoms with Crippen LogP contribution >= 0.6 is 22.9 Å². The standard InChI is InChI=1S/C18H14ClF2N5O4S/c1-8-2-10(11-3-14(19)23-5-13(11)30-16(20)21)12(4-22-8)15(27)24-17-25-26-18(31-17)29-9-6-28-7-9/h2-5,9,16H,6-7H2,1H3,(H,24,25,27). The van der Waals surface area contributed by atoms with Crippen molar-refractivity contribution in [2.45, 2.75) is 19.6 Å². The second-order valence-electron chi connectivity index (χ2n) is 6.36. The first-order valence-corrected chi connectivity index (χ1v) is 10.0. The Bertz CT molecular complexity index is 1110. The molecule has 1 N–H and O–H groups in total. The Hall–Kier alpha value is -2.96. The van der Waals surface area contributed by atoms with Gasteiger partial charge in [0.15, 0.2) is 5.75 Å². The lowest BCUT2D eigenvalue weighted by Gasteiger charge is -2.24.